The fraction of sp³-hybridized carbons (Fsp3) is 0.625. The van der Waals surface area contributed by atoms with Crippen molar-refractivity contribution in [3.63, 3.8) is 0 Å². The molecule has 32 heavy (non-hydrogen) atoms. The maximum Gasteiger partial charge on any atom is 0.242 e. The van der Waals surface area contributed by atoms with Gasteiger partial charge in [0.15, 0.2) is 5.13 Å². The van der Waals surface area contributed by atoms with Crippen molar-refractivity contribution < 1.29 is 9.59 Å². The highest BCUT2D eigenvalue weighted by Crippen LogP contribution is 2.28. The number of hydrogen-bond donors (Lipinski definition) is 0. The van der Waals surface area contributed by atoms with Gasteiger partial charge in [-0.2, -0.15) is 0 Å². The number of nitrogens with zero attached hydrogens (tertiary/aromatic N) is 5. The molecule has 0 saturated carbocycles. The largest absolute Gasteiger partial charge is 0.341 e. The first-order chi connectivity index (χ1) is 15.4. The first kappa shape index (κ1) is 23.1. The number of amides is 2. The highest BCUT2D eigenvalue weighted by Gasteiger charge is 2.28. The summed E-state index contributed by atoms with van der Waals surface area (Å²) in [5.41, 5.74) is 0.939. The zero-order valence-corrected chi connectivity index (χ0v) is 20.3. The van der Waals surface area contributed by atoms with Crippen LogP contribution in [0.15, 0.2) is 24.3 Å². The Hall–Kier alpha value is -2.03. The molecule has 0 N–H and O–H groups in total. The van der Waals surface area contributed by atoms with E-state index >= 15 is 0 Å². The molecule has 4 rings (SSSR count). The lowest BCUT2D eigenvalue weighted by molar-refractivity contribution is -0.135. The molecular weight excluding hydrogens is 422 g/mol. The maximum atomic E-state index is 13.0. The lowest BCUT2D eigenvalue weighted by Gasteiger charge is -2.38. The number of aromatic nitrogens is 1. The Bertz CT molecular complexity index is 896. The third-order valence-electron chi connectivity index (χ3n) is 6.53. The smallest absolute Gasteiger partial charge is 0.242 e. The summed E-state index contributed by atoms with van der Waals surface area (Å²) in [5, 5.41) is 0.771. The molecule has 3 heterocycles. The number of piperidine rings is 1. The third kappa shape index (κ3) is 5.47. The van der Waals surface area contributed by atoms with Crippen molar-refractivity contribution in [2.45, 2.75) is 27.2 Å². The van der Waals surface area contributed by atoms with Crippen LogP contribution >= 0.6 is 11.3 Å². The van der Waals surface area contributed by atoms with Gasteiger partial charge < -0.3 is 4.90 Å². The number of carbonyl (C=O) groups excluding carboxylic acids is 2. The standard InChI is InChI=1S/C24H35N5O2S/c1-4-29(24-25-20-7-5-6-8-21(20)32-24)23(31)17-27-11-9-26(10-12-27)16-22(30)28-14-18(2)13-19(3)15-28/h5-8,18-19H,4,9-17H2,1-3H3. The Labute approximate surface area is 195 Å². The van der Waals surface area contributed by atoms with Gasteiger partial charge in [-0.15, -0.1) is 0 Å². The van der Waals surface area contributed by atoms with Gasteiger partial charge in [-0.1, -0.05) is 37.3 Å². The number of hydrogen-bond acceptors (Lipinski definition) is 6. The number of likely N-dealkylation sites (tertiary alicyclic amines) is 1. The molecule has 2 fully saturated rings. The van der Waals surface area contributed by atoms with Crippen LogP contribution in [0, 0.1) is 11.8 Å². The van der Waals surface area contributed by atoms with E-state index in [4.69, 9.17) is 0 Å². The van der Waals surface area contributed by atoms with Gasteiger partial charge in [-0.25, -0.2) is 4.98 Å². The third-order valence-corrected chi connectivity index (χ3v) is 7.59. The molecule has 7 nitrogen and oxygen atoms in total. The molecule has 0 radical (unpaired) electrons. The summed E-state index contributed by atoms with van der Waals surface area (Å²) < 4.78 is 1.10. The second kappa shape index (κ2) is 10.3. The Morgan fingerprint density at radius 1 is 1.03 bits per heavy atom. The van der Waals surface area contributed by atoms with Crippen LogP contribution in [0.3, 0.4) is 0 Å². The van der Waals surface area contributed by atoms with Gasteiger partial charge in [-0.3, -0.25) is 24.3 Å². The van der Waals surface area contributed by atoms with Gasteiger partial charge in [0.1, 0.15) is 0 Å². The minimum absolute atomic E-state index is 0.0902. The Kier molecular flexibility index (Phi) is 7.43. The van der Waals surface area contributed by atoms with Crippen molar-refractivity contribution in [3.05, 3.63) is 24.3 Å². The van der Waals surface area contributed by atoms with Crippen LogP contribution in [0.1, 0.15) is 27.2 Å². The normalized spacial score (nSPS) is 22.9. The van der Waals surface area contributed by atoms with E-state index in [2.05, 4.69) is 28.6 Å². The summed E-state index contributed by atoms with van der Waals surface area (Å²) in [6.45, 7) is 13.0. The predicted molar refractivity (Wildman–Crippen MR) is 130 cm³/mol. The maximum absolute atomic E-state index is 13.0. The van der Waals surface area contributed by atoms with Crippen LogP contribution in [0.2, 0.25) is 0 Å². The molecule has 2 aliphatic heterocycles. The topological polar surface area (TPSA) is 60.0 Å². The zero-order chi connectivity index (χ0) is 22.7. The second-order valence-electron chi connectivity index (χ2n) is 9.40. The quantitative estimate of drug-likeness (QED) is 0.668. The molecule has 2 aliphatic rings. The minimum atomic E-state index is 0.0902. The number of fused-ring (bicyclic) bond motifs is 1. The van der Waals surface area contributed by atoms with Crippen LogP contribution < -0.4 is 4.90 Å². The van der Waals surface area contributed by atoms with Gasteiger partial charge in [-0.05, 0) is 37.3 Å². The Morgan fingerprint density at radius 2 is 1.66 bits per heavy atom. The lowest BCUT2D eigenvalue weighted by Crippen LogP contribution is -2.53. The van der Waals surface area contributed by atoms with Gasteiger partial charge in [0.05, 0.1) is 23.3 Å². The SMILES string of the molecule is CCN(C(=O)CN1CCN(CC(=O)N2CC(C)CC(C)C2)CC1)c1nc2ccccc2s1. The van der Waals surface area contributed by atoms with Crippen LogP contribution in [0.4, 0.5) is 5.13 Å². The predicted octanol–water partition coefficient (Wildman–Crippen LogP) is 2.77. The van der Waals surface area contributed by atoms with E-state index in [0.717, 1.165) is 54.6 Å². The molecular formula is C24H35N5O2S. The van der Waals surface area contributed by atoms with E-state index in [0.29, 0.717) is 31.5 Å². The number of rotatable bonds is 6. The molecule has 2 aromatic rings. The average molecular weight is 458 g/mol. The molecule has 2 unspecified atom stereocenters. The molecule has 0 spiro atoms. The van der Waals surface area contributed by atoms with Crippen LogP contribution in [0.25, 0.3) is 10.2 Å². The summed E-state index contributed by atoms with van der Waals surface area (Å²) in [5.74, 6) is 1.51. The molecule has 2 amide bonds. The number of benzene rings is 1. The van der Waals surface area contributed by atoms with Crippen molar-refractivity contribution in [2.75, 3.05) is 63.8 Å². The van der Waals surface area contributed by atoms with Gasteiger partial charge in [0, 0.05) is 45.8 Å². The Balaban J connectivity index is 1.26. The minimum Gasteiger partial charge on any atom is -0.341 e. The summed E-state index contributed by atoms with van der Waals surface area (Å²) in [6.07, 6.45) is 1.21. The van der Waals surface area contributed by atoms with Gasteiger partial charge in [0.25, 0.3) is 0 Å². The first-order valence-electron chi connectivity index (χ1n) is 11.8. The van der Waals surface area contributed by atoms with Gasteiger partial charge >= 0.3 is 0 Å². The van der Waals surface area contributed by atoms with Crippen LogP contribution in [-0.4, -0.2) is 90.4 Å². The number of thiazole rings is 1. The number of likely N-dealkylation sites (N-methyl/N-ethyl adjacent to an activating group) is 1. The number of para-hydroxylation sites is 1. The van der Waals surface area contributed by atoms with Crippen molar-refractivity contribution in [2.24, 2.45) is 11.8 Å². The summed E-state index contributed by atoms with van der Waals surface area (Å²) >= 11 is 1.57. The summed E-state index contributed by atoms with van der Waals surface area (Å²) in [7, 11) is 0. The Morgan fingerprint density at radius 3 is 2.28 bits per heavy atom. The summed E-state index contributed by atoms with van der Waals surface area (Å²) in [4.78, 5) is 38.7. The van der Waals surface area contributed by atoms with Crippen molar-refractivity contribution >= 4 is 38.5 Å². The van der Waals surface area contributed by atoms with Crippen molar-refractivity contribution in [1.29, 1.82) is 0 Å². The zero-order valence-electron chi connectivity index (χ0n) is 19.5. The molecule has 0 bridgehead atoms. The molecule has 0 aliphatic carbocycles. The molecule has 8 heteroatoms. The van der Waals surface area contributed by atoms with E-state index in [-0.39, 0.29) is 11.8 Å². The first-order valence-corrected chi connectivity index (χ1v) is 12.6. The molecule has 2 saturated heterocycles. The lowest BCUT2D eigenvalue weighted by atomic mass is 9.92. The van der Waals surface area contributed by atoms with Crippen LogP contribution in [0.5, 0.6) is 0 Å². The summed E-state index contributed by atoms with van der Waals surface area (Å²) in [6, 6.07) is 8.00. The highest BCUT2D eigenvalue weighted by atomic mass is 32.1. The van der Waals surface area contributed by atoms with Crippen molar-refractivity contribution in [1.82, 2.24) is 19.7 Å². The van der Waals surface area contributed by atoms with E-state index in [1.165, 1.54) is 6.42 Å². The molecule has 174 valence electrons. The van der Waals surface area contributed by atoms with E-state index < -0.39 is 0 Å². The van der Waals surface area contributed by atoms with E-state index in [1.807, 2.05) is 36.1 Å². The van der Waals surface area contributed by atoms with Crippen molar-refractivity contribution in [3.8, 4) is 0 Å². The second-order valence-corrected chi connectivity index (χ2v) is 10.4. The number of piperazine rings is 1. The van der Waals surface area contributed by atoms with Crippen LogP contribution in [-0.2, 0) is 9.59 Å². The number of carbonyl (C=O) groups is 2. The molecule has 2 atom stereocenters. The van der Waals surface area contributed by atoms with E-state index in [1.54, 1.807) is 16.2 Å². The molecule has 1 aromatic carbocycles. The average Bonchev–Trinajstić information content (AvgIpc) is 3.18. The monoisotopic (exact) mass is 457 g/mol. The van der Waals surface area contributed by atoms with E-state index in [9.17, 15) is 9.59 Å². The fourth-order valence-corrected chi connectivity index (χ4v) is 5.98. The molecule has 1 aromatic heterocycles. The highest BCUT2D eigenvalue weighted by molar-refractivity contribution is 7.22. The fourth-order valence-electron chi connectivity index (χ4n) is 4.93. The number of anilines is 1. The van der Waals surface area contributed by atoms with Gasteiger partial charge in [0.2, 0.25) is 11.8 Å².